The number of alkyl halides is 2. The molecule has 0 aromatic carbocycles. The van der Waals surface area contributed by atoms with Crippen molar-refractivity contribution in [2.75, 3.05) is 0 Å². The third kappa shape index (κ3) is 2.18. The largest absolute Gasteiger partial charge is 0.253 e. The van der Waals surface area contributed by atoms with Gasteiger partial charge in [0.1, 0.15) is 0 Å². The summed E-state index contributed by atoms with van der Waals surface area (Å²) in [7, 11) is 0. The minimum atomic E-state index is -2.53. The van der Waals surface area contributed by atoms with Crippen LogP contribution in [0.2, 0.25) is 0 Å². The van der Waals surface area contributed by atoms with E-state index in [9.17, 15) is 8.78 Å². The molecule has 0 spiro atoms. The molecule has 0 fully saturated rings. The molecule has 0 aromatic heterocycles. The van der Waals surface area contributed by atoms with Gasteiger partial charge >= 0.3 is 0 Å². The van der Waals surface area contributed by atoms with Crippen LogP contribution in [0.15, 0.2) is 0 Å². The highest BCUT2D eigenvalue weighted by Gasteiger charge is 2.47. The van der Waals surface area contributed by atoms with Crippen LogP contribution in [0.4, 0.5) is 8.78 Å². The summed E-state index contributed by atoms with van der Waals surface area (Å²) >= 11 is 0. The van der Waals surface area contributed by atoms with Crippen molar-refractivity contribution in [1.82, 2.24) is 0 Å². The molecule has 0 aliphatic heterocycles. The summed E-state index contributed by atoms with van der Waals surface area (Å²) < 4.78 is 26.9. The second-order valence-electron chi connectivity index (χ2n) is 4.33. The lowest BCUT2D eigenvalue weighted by molar-refractivity contribution is -0.132. The fraction of sp³-hybridized carbons (Fsp3) is 1.00. The lowest BCUT2D eigenvalue weighted by atomic mass is 9.74. The van der Waals surface area contributed by atoms with Crippen molar-refractivity contribution in [3.63, 3.8) is 0 Å². The molecule has 0 unspecified atom stereocenters. The first-order valence-electron chi connectivity index (χ1n) is 4.63. The number of hydrogen-bond donors (Lipinski definition) is 0. The van der Waals surface area contributed by atoms with Gasteiger partial charge in [-0.05, 0) is 5.92 Å². The first-order chi connectivity index (χ1) is 5.25. The minimum Gasteiger partial charge on any atom is -0.206 e. The highest BCUT2D eigenvalue weighted by molar-refractivity contribution is 4.87. The molecule has 0 aliphatic carbocycles. The molecular weight excluding hydrogens is 158 g/mol. The highest BCUT2D eigenvalue weighted by atomic mass is 19.3. The van der Waals surface area contributed by atoms with E-state index >= 15 is 0 Å². The Bertz CT molecular complexity index is 137. The van der Waals surface area contributed by atoms with Crippen molar-refractivity contribution in [2.45, 2.75) is 53.4 Å². The summed E-state index contributed by atoms with van der Waals surface area (Å²) in [5.41, 5.74) is -0.886. The Morgan fingerprint density at radius 1 is 1.17 bits per heavy atom. The summed E-state index contributed by atoms with van der Waals surface area (Å²) in [6.45, 7) is 8.79. The van der Waals surface area contributed by atoms with Crippen LogP contribution in [-0.4, -0.2) is 5.92 Å². The van der Waals surface area contributed by atoms with E-state index in [4.69, 9.17) is 0 Å². The Balaban J connectivity index is 4.50. The van der Waals surface area contributed by atoms with Crippen LogP contribution >= 0.6 is 0 Å². The standard InChI is InChI=1S/C10H20F2/c1-6-7-10(11,12)9(4,5)8(2)3/h8H,6-7H2,1-5H3. The number of hydrogen-bond acceptors (Lipinski definition) is 0. The van der Waals surface area contributed by atoms with E-state index in [1.54, 1.807) is 20.8 Å². The molecule has 0 saturated carbocycles. The van der Waals surface area contributed by atoms with Crippen molar-refractivity contribution in [3.05, 3.63) is 0 Å². The molecule has 0 aliphatic rings. The summed E-state index contributed by atoms with van der Waals surface area (Å²) in [5.74, 6) is -2.52. The molecule has 2 heteroatoms. The van der Waals surface area contributed by atoms with Crippen molar-refractivity contribution >= 4 is 0 Å². The Hall–Kier alpha value is -0.140. The van der Waals surface area contributed by atoms with Crippen LogP contribution in [0.1, 0.15) is 47.5 Å². The zero-order chi connectivity index (χ0) is 9.99. The summed E-state index contributed by atoms with van der Waals surface area (Å²) in [6, 6.07) is 0. The van der Waals surface area contributed by atoms with Gasteiger partial charge in [0, 0.05) is 11.8 Å². The van der Waals surface area contributed by atoms with Gasteiger partial charge in [0.15, 0.2) is 0 Å². The van der Waals surface area contributed by atoms with Crippen molar-refractivity contribution in [2.24, 2.45) is 11.3 Å². The zero-order valence-corrected chi connectivity index (χ0v) is 8.75. The first kappa shape index (κ1) is 11.9. The maximum Gasteiger partial charge on any atom is 0.253 e. The Morgan fingerprint density at radius 3 is 1.83 bits per heavy atom. The van der Waals surface area contributed by atoms with E-state index in [1.165, 1.54) is 0 Å². The van der Waals surface area contributed by atoms with E-state index < -0.39 is 11.3 Å². The summed E-state index contributed by atoms with van der Waals surface area (Å²) in [4.78, 5) is 0. The third-order valence-corrected chi connectivity index (χ3v) is 2.95. The monoisotopic (exact) mass is 178 g/mol. The molecule has 0 amide bonds. The molecule has 12 heavy (non-hydrogen) atoms. The van der Waals surface area contributed by atoms with E-state index in [0.29, 0.717) is 6.42 Å². The van der Waals surface area contributed by atoms with E-state index in [0.717, 1.165) is 0 Å². The molecular formula is C10H20F2. The molecule has 0 radical (unpaired) electrons. The fourth-order valence-corrected chi connectivity index (χ4v) is 1.06. The van der Waals surface area contributed by atoms with Gasteiger partial charge in [0.2, 0.25) is 0 Å². The quantitative estimate of drug-likeness (QED) is 0.608. The molecule has 0 nitrogen and oxygen atoms in total. The first-order valence-corrected chi connectivity index (χ1v) is 4.63. The highest BCUT2D eigenvalue weighted by Crippen LogP contribution is 2.44. The lowest BCUT2D eigenvalue weighted by Crippen LogP contribution is -2.40. The Kier molecular flexibility index (Phi) is 3.67. The van der Waals surface area contributed by atoms with Gasteiger partial charge in [-0.15, -0.1) is 0 Å². The van der Waals surface area contributed by atoms with E-state index in [2.05, 4.69) is 0 Å². The molecule has 0 rings (SSSR count). The zero-order valence-electron chi connectivity index (χ0n) is 8.75. The lowest BCUT2D eigenvalue weighted by Gasteiger charge is -2.37. The fourth-order valence-electron chi connectivity index (χ4n) is 1.06. The minimum absolute atomic E-state index is 0.00181. The third-order valence-electron chi connectivity index (χ3n) is 2.95. The van der Waals surface area contributed by atoms with Crippen LogP contribution in [-0.2, 0) is 0 Å². The molecule has 0 aromatic rings. The molecule has 0 saturated heterocycles. The van der Waals surface area contributed by atoms with Crippen molar-refractivity contribution in [3.8, 4) is 0 Å². The Labute approximate surface area is 74.4 Å². The summed E-state index contributed by atoms with van der Waals surface area (Å²) in [5, 5.41) is 0. The van der Waals surface area contributed by atoms with Gasteiger partial charge in [0.05, 0.1) is 0 Å². The normalized spacial score (nSPS) is 14.0. The van der Waals surface area contributed by atoms with Gasteiger partial charge in [-0.1, -0.05) is 41.0 Å². The molecule has 74 valence electrons. The van der Waals surface area contributed by atoms with Crippen LogP contribution in [0.25, 0.3) is 0 Å². The predicted octanol–water partition coefficient (Wildman–Crippen LogP) is 4.10. The second-order valence-corrected chi connectivity index (χ2v) is 4.33. The van der Waals surface area contributed by atoms with Crippen molar-refractivity contribution < 1.29 is 8.78 Å². The van der Waals surface area contributed by atoms with Gasteiger partial charge in [-0.2, -0.15) is 0 Å². The van der Waals surface area contributed by atoms with Crippen LogP contribution in [0.5, 0.6) is 0 Å². The van der Waals surface area contributed by atoms with Crippen LogP contribution in [0, 0.1) is 11.3 Å². The van der Waals surface area contributed by atoms with Crippen LogP contribution in [0.3, 0.4) is 0 Å². The van der Waals surface area contributed by atoms with Crippen LogP contribution < -0.4 is 0 Å². The second kappa shape index (κ2) is 3.71. The van der Waals surface area contributed by atoms with Crippen molar-refractivity contribution in [1.29, 1.82) is 0 Å². The van der Waals surface area contributed by atoms with Gasteiger partial charge < -0.3 is 0 Å². The molecule has 0 N–H and O–H groups in total. The average molecular weight is 178 g/mol. The Morgan fingerprint density at radius 2 is 1.58 bits per heavy atom. The maximum atomic E-state index is 13.5. The predicted molar refractivity (Wildman–Crippen MR) is 48.5 cm³/mol. The maximum absolute atomic E-state index is 13.5. The molecule has 0 atom stereocenters. The molecule has 0 bridgehead atoms. The topological polar surface area (TPSA) is 0 Å². The van der Waals surface area contributed by atoms with Gasteiger partial charge in [0.25, 0.3) is 5.92 Å². The average Bonchev–Trinajstić information content (AvgIpc) is 1.86. The summed E-state index contributed by atoms with van der Waals surface area (Å²) in [6.07, 6.45) is 0.543. The van der Waals surface area contributed by atoms with E-state index in [-0.39, 0.29) is 12.3 Å². The van der Waals surface area contributed by atoms with E-state index in [1.807, 2.05) is 13.8 Å². The molecule has 0 heterocycles. The van der Waals surface area contributed by atoms with Gasteiger partial charge in [-0.3, -0.25) is 0 Å². The smallest absolute Gasteiger partial charge is 0.206 e. The van der Waals surface area contributed by atoms with Gasteiger partial charge in [-0.25, -0.2) is 8.78 Å². The number of halogens is 2. The number of rotatable bonds is 4. The SMILES string of the molecule is CCCC(F)(F)C(C)(C)C(C)C.